The van der Waals surface area contributed by atoms with Gasteiger partial charge in [-0.1, -0.05) is 13.8 Å². The van der Waals surface area contributed by atoms with Gasteiger partial charge in [0.15, 0.2) is 0 Å². The molecule has 0 fully saturated rings. The van der Waals surface area contributed by atoms with Crippen LogP contribution >= 0.6 is 0 Å². The van der Waals surface area contributed by atoms with Gasteiger partial charge in [0.05, 0.1) is 7.11 Å². The van der Waals surface area contributed by atoms with E-state index in [9.17, 15) is 4.79 Å². The van der Waals surface area contributed by atoms with Crippen molar-refractivity contribution in [2.75, 3.05) is 42.5 Å². The van der Waals surface area contributed by atoms with Gasteiger partial charge in [0.1, 0.15) is 6.29 Å². The number of ether oxygens (including phenoxy) is 2. The smallest absolute Gasteiger partial charge is 0.292 e. The molecule has 0 aromatic rings. The Bertz CT molecular complexity index is 137. The highest BCUT2D eigenvalue weighted by Gasteiger charge is 1.72. The fourth-order valence-corrected chi connectivity index (χ4v) is 0. The maximum absolute atomic E-state index is 9.70. The lowest BCUT2D eigenvalue weighted by Crippen LogP contribution is -2.11. The van der Waals surface area contributed by atoms with Crippen LogP contribution in [0, 0.1) is 0 Å². The molecule has 0 atom stereocenters. The molecule has 5 N–H and O–H groups in total. The number of methoxy groups -OCH3 is 2. The van der Waals surface area contributed by atoms with Crippen molar-refractivity contribution in [3.05, 3.63) is 0 Å². The first-order valence-corrected chi connectivity index (χ1v) is 6.12. The van der Waals surface area contributed by atoms with Crippen molar-refractivity contribution < 1.29 is 23.9 Å². The highest BCUT2D eigenvalue weighted by Crippen LogP contribution is 1.45. The SMILES string of the molecule is CC.CC=O.CN.CN.CNC(C)=O.COC.COC=O. The predicted octanol–water partition coefficient (Wildman–Crippen LogP) is 0.185. The summed E-state index contributed by atoms with van der Waals surface area (Å²) in [6, 6.07) is 0. The van der Waals surface area contributed by atoms with E-state index in [1.807, 2.05) is 13.8 Å². The lowest BCUT2D eigenvalue weighted by molar-refractivity contribution is -0.126. The van der Waals surface area contributed by atoms with Gasteiger partial charge in [-0.25, -0.2) is 0 Å². The number of hydrogen-bond acceptors (Lipinski definition) is 7. The third-order valence-electron chi connectivity index (χ3n) is 0.448. The number of amides is 1. The molecule has 0 saturated heterocycles. The fourth-order valence-electron chi connectivity index (χ4n) is 0. The zero-order valence-corrected chi connectivity index (χ0v) is 15.4. The van der Waals surface area contributed by atoms with Crippen molar-refractivity contribution in [1.29, 1.82) is 0 Å². The summed E-state index contributed by atoms with van der Waals surface area (Å²) in [6.45, 7) is 7.29. The standard InChI is InChI=1S/C3H7NO.C2H4O2.C2H6O.C2H4O.C2H6.2CH5N/c1-3(5)4-2;1-4-2-3;1-3-2;1-2-3;3*1-2/h1-2H3,(H,4,5);2H,1H3;1-2H3;2H,1H3;1-2H3;2*2H2,1H3. The van der Waals surface area contributed by atoms with Crippen LogP contribution in [0.15, 0.2) is 0 Å². The molecule has 1 amide bonds. The summed E-state index contributed by atoms with van der Waals surface area (Å²) < 4.78 is 8.11. The molecule has 0 spiro atoms. The van der Waals surface area contributed by atoms with Gasteiger partial charge >= 0.3 is 0 Å². The monoisotopic (exact) mass is 315 g/mol. The Kier molecular flexibility index (Phi) is 273. The zero-order valence-electron chi connectivity index (χ0n) is 15.4. The van der Waals surface area contributed by atoms with Crippen molar-refractivity contribution in [2.45, 2.75) is 27.7 Å². The van der Waals surface area contributed by atoms with Gasteiger partial charge in [-0.2, -0.15) is 0 Å². The van der Waals surface area contributed by atoms with Gasteiger partial charge in [-0.05, 0) is 21.0 Å². The Morgan fingerprint density at radius 2 is 1.10 bits per heavy atom. The highest BCUT2D eigenvalue weighted by molar-refractivity contribution is 5.72. The van der Waals surface area contributed by atoms with Gasteiger partial charge in [0.25, 0.3) is 6.47 Å². The van der Waals surface area contributed by atoms with Crippen LogP contribution < -0.4 is 16.8 Å². The molecular weight excluding hydrogens is 278 g/mol. The summed E-state index contributed by atoms with van der Waals surface area (Å²) in [7, 11) is 9.16. The molecule has 8 nitrogen and oxygen atoms in total. The van der Waals surface area contributed by atoms with Crippen LogP contribution in [0.3, 0.4) is 0 Å². The van der Waals surface area contributed by atoms with E-state index in [2.05, 4.69) is 26.3 Å². The summed E-state index contributed by atoms with van der Waals surface area (Å²) in [5.74, 6) is 0.00463. The second-order valence-corrected chi connectivity index (χ2v) is 1.78. The van der Waals surface area contributed by atoms with Crippen LogP contribution in [0.2, 0.25) is 0 Å². The molecule has 0 aromatic heterocycles. The zero-order chi connectivity index (χ0) is 19.1. The van der Waals surface area contributed by atoms with E-state index in [1.165, 1.54) is 35.1 Å². The number of aldehydes is 1. The van der Waals surface area contributed by atoms with Crippen LogP contribution in [0.4, 0.5) is 0 Å². The van der Waals surface area contributed by atoms with E-state index in [-0.39, 0.29) is 5.91 Å². The van der Waals surface area contributed by atoms with Gasteiger partial charge < -0.3 is 31.1 Å². The molecule has 0 aliphatic rings. The molecule has 0 aliphatic carbocycles. The molecule has 134 valence electrons. The molecule has 0 heterocycles. The number of carbonyl (C=O) groups excluding carboxylic acids is 3. The number of nitrogens with one attached hydrogen (secondary N) is 1. The van der Waals surface area contributed by atoms with E-state index in [4.69, 9.17) is 9.59 Å². The number of rotatable bonds is 1. The normalized spacial score (nSPS) is 4.95. The van der Waals surface area contributed by atoms with Gasteiger partial charge in [-0.15, -0.1) is 0 Å². The quantitative estimate of drug-likeness (QED) is 0.588. The molecule has 0 rings (SSSR count). The molecule has 0 bridgehead atoms. The number of carbonyl (C=O) groups is 3. The third-order valence-corrected chi connectivity index (χ3v) is 0.448. The average molecular weight is 315 g/mol. The first-order valence-electron chi connectivity index (χ1n) is 6.12. The summed E-state index contributed by atoms with van der Waals surface area (Å²) in [5.41, 5.74) is 9.00. The topological polar surface area (TPSA) is 134 Å². The molecule has 8 heteroatoms. The molecule has 0 aliphatic heterocycles. The van der Waals surface area contributed by atoms with E-state index in [0.29, 0.717) is 6.47 Å². The van der Waals surface area contributed by atoms with E-state index < -0.39 is 0 Å². The van der Waals surface area contributed by atoms with Crippen LogP contribution in [-0.2, 0) is 23.9 Å². The van der Waals surface area contributed by atoms with Crippen LogP contribution in [0.1, 0.15) is 27.7 Å². The lowest BCUT2D eigenvalue weighted by Gasteiger charge is -1.80. The minimum absolute atomic E-state index is 0.00463. The molecule has 0 unspecified atom stereocenters. The summed E-state index contributed by atoms with van der Waals surface area (Å²) in [4.78, 5) is 27.5. The van der Waals surface area contributed by atoms with Crippen LogP contribution in [0.5, 0.6) is 0 Å². The second kappa shape index (κ2) is 134. The molecule has 0 radical (unpaired) electrons. The van der Waals surface area contributed by atoms with Crippen molar-refractivity contribution >= 4 is 18.7 Å². The number of hydrogen-bond donors (Lipinski definition) is 3. The highest BCUT2D eigenvalue weighted by atomic mass is 16.5. The lowest BCUT2D eigenvalue weighted by atomic mass is 10.7. The molecule has 0 aromatic carbocycles. The summed E-state index contributed by atoms with van der Waals surface area (Å²) in [5, 5.41) is 2.39. The Balaban J connectivity index is -0.0000000226. The van der Waals surface area contributed by atoms with Crippen LogP contribution in [0.25, 0.3) is 0 Å². The first kappa shape index (κ1) is 42.7. The Hall–Kier alpha value is -1.51. The second-order valence-electron chi connectivity index (χ2n) is 1.78. The van der Waals surface area contributed by atoms with Gasteiger partial charge in [0.2, 0.25) is 5.91 Å². The molecule has 21 heavy (non-hydrogen) atoms. The van der Waals surface area contributed by atoms with Crippen molar-refractivity contribution in [2.24, 2.45) is 11.5 Å². The minimum Gasteiger partial charge on any atom is -0.471 e. The number of nitrogens with two attached hydrogens (primary N) is 2. The Morgan fingerprint density at radius 1 is 1.00 bits per heavy atom. The molecule has 0 saturated carbocycles. The first-order chi connectivity index (χ1) is 10.0. The predicted molar refractivity (Wildman–Crippen MR) is 89.1 cm³/mol. The van der Waals surface area contributed by atoms with E-state index in [0.717, 1.165) is 6.29 Å². The van der Waals surface area contributed by atoms with Crippen LogP contribution in [-0.4, -0.2) is 61.1 Å². The largest absolute Gasteiger partial charge is 0.471 e. The minimum atomic E-state index is 0.00463. The fraction of sp³-hybridized carbons (Fsp3) is 0.769. The Labute approximate surface area is 130 Å². The third kappa shape index (κ3) is 2260. The maximum atomic E-state index is 9.70. The van der Waals surface area contributed by atoms with Gasteiger partial charge in [0, 0.05) is 28.2 Å². The summed E-state index contributed by atoms with van der Waals surface area (Å²) in [6.07, 6.45) is 0.750. The Morgan fingerprint density at radius 3 is 1.10 bits per heavy atom. The van der Waals surface area contributed by atoms with E-state index >= 15 is 0 Å². The van der Waals surface area contributed by atoms with Crippen molar-refractivity contribution in [3.8, 4) is 0 Å². The van der Waals surface area contributed by atoms with Crippen molar-refractivity contribution in [1.82, 2.24) is 5.32 Å². The molecular formula is C13H37N3O5. The maximum Gasteiger partial charge on any atom is 0.292 e. The average Bonchev–Trinajstić information content (AvgIpc) is 2.55. The van der Waals surface area contributed by atoms with E-state index in [1.54, 1.807) is 21.3 Å². The summed E-state index contributed by atoms with van der Waals surface area (Å²) >= 11 is 0. The van der Waals surface area contributed by atoms with Gasteiger partial charge in [-0.3, -0.25) is 9.59 Å². The van der Waals surface area contributed by atoms with Crippen molar-refractivity contribution in [3.63, 3.8) is 0 Å².